The molecule has 0 atom stereocenters. The Morgan fingerprint density at radius 1 is 1.25 bits per heavy atom. The molecule has 0 unspecified atom stereocenters. The van der Waals surface area contributed by atoms with Crippen molar-refractivity contribution in [2.75, 3.05) is 26.4 Å². The first-order valence-electron chi connectivity index (χ1n) is 6.95. The molecule has 0 fully saturated rings. The topological polar surface area (TPSA) is 47.6 Å². The highest BCUT2D eigenvalue weighted by atomic mass is 19.1. The molecule has 5 heteroatoms. The SMILES string of the molecule is CCCCOCCCNC(=O)COc1ccccc1F. The number of carbonyl (C=O) groups excluding carboxylic acids is 1. The summed E-state index contributed by atoms with van der Waals surface area (Å²) in [6, 6.07) is 6.01. The molecule has 0 aliphatic rings. The van der Waals surface area contributed by atoms with Crippen LogP contribution in [0.15, 0.2) is 24.3 Å². The van der Waals surface area contributed by atoms with E-state index in [1.165, 1.54) is 12.1 Å². The van der Waals surface area contributed by atoms with Crippen LogP contribution in [0.4, 0.5) is 4.39 Å². The summed E-state index contributed by atoms with van der Waals surface area (Å²) < 4.78 is 23.7. The van der Waals surface area contributed by atoms with Gasteiger partial charge in [-0.25, -0.2) is 4.39 Å². The Labute approximate surface area is 119 Å². The summed E-state index contributed by atoms with van der Waals surface area (Å²) in [7, 11) is 0. The van der Waals surface area contributed by atoms with E-state index in [2.05, 4.69) is 12.2 Å². The van der Waals surface area contributed by atoms with Crippen LogP contribution in [-0.4, -0.2) is 32.3 Å². The average molecular weight is 283 g/mol. The van der Waals surface area contributed by atoms with Gasteiger partial charge in [-0.1, -0.05) is 25.5 Å². The van der Waals surface area contributed by atoms with Gasteiger partial charge in [0.1, 0.15) is 0 Å². The standard InChI is InChI=1S/C15H22FNO3/c1-2-3-10-19-11-6-9-17-15(18)12-20-14-8-5-4-7-13(14)16/h4-5,7-8H,2-3,6,9-12H2,1H3,(H,17,18). The molecule has 0 saturated carbocycles. The number of unbranched alkanes of at least 4 members (excludes halogenated alkanes) is 1. The lowest BCUT2D eigenvalue weighted by Crippen LogP contribution is -2.30. The third kappa shape index (κ3) is 7.09. The van der Waals surface area contributed by atoms with Crippen LogP contribution < -0.4 is 10.1 Å². The molecule has 1 rings (SSSR count). The second kappa shape index (κ2) is 10.2. The Kier molecular flexibility index (Phi) is 8.38. The van der Waals surface area contributed by atoms with Crippen molar-refractivity contribution in [2.24, 2.45) is 0 Å². The Morgan fingerprint density at radius 3 is 2.75 bits per heavy atom. The Morgan fingerprint density at radius 2 is 2.00 bits per heavy atom. The number of nitrogens with one attached hydrogen (secondary N) is 1. The van der Waals surface area contributed by atoms with E-state index < -0.39 is 5.82 Å². The second-order valence-corrected chi connectivity index (χ2v) is 4.39. The van der Waals surface area contributed by atoms with Gasteiger partial charge in [0, 0.05) is 19.8 Å². The minimum absolute atomic E-state index is 0.0885. The van der Waals surface area contributed by atoms with Crippen LogP contribution >= 0.6 is 0 Å². The molecular weight excluding hydrogens is 261 g/mol. The van der Waals surface area contributed by atoms with Crippen molar-refractivity contribution in [3.63, 3.8) is 0 Å². The zero-order valence-electron chi connectivity index (χ0n) is 11.9. The fourth-order valence-electron chi connectivity index (χ4n) is 1.51. The average Bonchev–Trinajstić information content (AvgIpc) is 2.45. The number of hydrogen-bond acceptors (Lipinski definition) is 3. The third-order valence-electron chi connectivity index (χ3n) is 2.63. The van der Waals surface area contributed by atoms with E-state index in [1.807, 2.05) is 0 Å². The molecule has 1 aromatic carbocycles. The molecule has 1 N–H and O–H groups in total. The van der Waals surface area contributed by atoms with E-state index in [0.29, 0.717) is 13.2 Å². The number of ether oxygens (including phenoxy) is 2. The Bertz CT molecular complexity index is 398. The monoisotopic (exact) mass is 283 g/mol. The lowest BCUT2D eigenvalue weighted by Gasteiger charge is -2.08. The fourth-order valence-corrected chi connectivity index (χ4v) is 1.51. The molecule has 112 valence electrons. The maximum absolute atomic E-state index is 13.2. The van der Waals surface area contributed by atoms with E-state index in [0.717, 1.165) is 25.9 Å². The summed E-state index contributed by atoms with van der Waals surface area (Å²) in [4.78, 5) is 11.5. The van der Waals surface area contributed by atoms with Gasteiger partial charge in [0.15, 0.2) is 18.2 Å². The van der Waals surface area contributed by atoms with Gasteiger partial charge in [-0.2, -0.15) is 0 Å². The van der Waals surface area contributed by atoms with E-state index in [9.17, 15) is 9.18 Å². The molecule has 0 spiro atoms. The van der Waals surface area contributed by atoms with Crippen LogP contribution in [0.5, 0.6) is 5.75 Å². The van der Waals surface area contributed by atoms with Crippen LogP contribution in [0.25, 0.3) is 0 Å². The highest BCUT2D eigenvalue weighted by Crippen LogP contribution is 2.14. The molecule has 1 amide bonds. The summed E-state index contributed by atoms with van der Waals surface area (Å²) >= 11 is 0. The van der Waals surface area contributed by atoms with Crippen LogP contribution in [0.2, 0.25) is 0 Å². The molecule has 0 bridgehead atoms. The van der Waals surface area contributed by atoms with Gasteiger partial charge < -0.3 is 14.8 Å². The second-order valence-electron chi connectivity index (χ2n) is 4.39. The molecule has 0 aliphatic carbocycles. The van der Waals surface area contributed by atoms with Crippen molar-refractivity contribution in [1.82, 2.24) is 5.32 Å². The van der Waals surface area contributed by atoms with Gasteiger partial charge in [0.2, 0.25) is 0 Å². The molecular formula is C15H22FNO3. The van der Waals surface area contributed by atoms with Gasteiger partial charge >= 0.3 is 0 Å². The lowest BCUT2D eigenvalue weighted by molar-refractivity contribution is -0.123. The summed E-state index contributed by atoms with van der Waals surface area (Å²) in [5.41, 5.74) is 0. The molecule has 0 aromatic heterocycles. The first-order valence-corrected chi connectivity index (χ1v) is 6.95. The van der Waals surface area contributed by atoms with Crippen molar-refractivity contribution in [3.8, 4) is 5.75 Å². The largest absolute Gasteiger partial charge is 0.481 e. The molecule has 0 radical (unpaired) electrons. The van der Waals surface area contributed by atoms with Crippen LogP contribution in [0.1, 0.15) is 26.2 Å². The number of carbonyl (C=O) groups is 1. The van der Waals surface area contributed by atoms with Crippen molar-refractivity contribution < 1.29 is 18.7 Å². The van der Waals surface area contributed by atoms with Crippen molar-refractivity contribution in [2.45, 2.75) is 26.2 Å². The predicted octanol–water partition coefficient (Wildman–Crippen LogP) is 2.53. The molecule has 0 heterocycles. The zero-order chi connectivity index (χ0) is 14.6. The molecule has 4 nitrogen and oxygen atoms in total. The molecule has 0 aliphatic heterocycles. The molecule has 1 aromatic rings. The summed E-state index contributed by atoms with van der Waals surface area (Å²) in [5.74, 6) is -0.642. The van der Waals surface area contributed by atoms with Crippen LogP contribution in [0, 0.1) is 5.82 Å². The maximum atomic E-state index is 13.2. The minimum atomic E-state index is -0.468. The fraction of sp³-hybridized carbons (Fsp3) is 0.533. The number of para-hydroxylation sites is 1. The summed E-state index contributed by atoms with van der Waals surface area (Å²) in [6.07, 6.45) is 2.93. The highest BCUT2D eigenvalue weighted by Gasteiger charge is 2.05. The highest BCUT2D eigenvalue weighted by molar-refractivity contribution is 5.77. The van der Waals surface area contributed by atoms with E-state index in [1.54, 1.807) is 12.1 Å². The molecule has 0 saturated heterocycles. The quantitative estimate of drug-likeness (QED) is 0.671. The van der Waals surface area contributed by atoms with Crippen molar-refractivity contribution in [3.05, 3.63) is 30.1 Å². The lowest BCUT2D eigenvalue weighted by atomic mass is 10.3. The number of amides is 1. The number of halogens is 1. The first kappa shape index (κ1) is 16.4. The first-order chi connectivity index (χ1) is 9.74. The molecule has 20 heavy (non-hydrogen) atoms. The number of hydrogen-bond donors (Lipinski definition) is 1. The van der Waals surface area contributed by atoms with Gasteiger partial charge in [-0.3, -0.25) is 4.79 Å². The van der Waals surface area contributed by atoms with Crippen molar-refractivity contribution >= 4 is 5.91 Å². The minimum Gasteiger partial charge on any atom is -0.481 e. The number of benzene rings is 1. The van der Waals surface area contributed by atoms with E-state index in [-0.39, 0.29) is 18.3 Å². The van der Waals surface area contributed by atoms with Crippen LogP contribution in [0.3, 0.4) is 0 Å². The van der Waals surface area contributed by atoms with Gasteiger partial charge in [-0.05, 0) is 25.0 Å². The van der Waals surface area contributed by atoms with Gasteiger partial charge in [0.05, 0.1) is 0 Å². The number of rotatable bonds is 10. The van der Waals surface area contributed by atoms with Gasteiger partial charge in [-0.15, -0.1) is 0 Å². The van der Waals surface area contributed by atoms with Crippen LogP contribution in [-0.2, 0) is 9.53 Å². The predicted molar refractivity (Wildman–Crippen MR) is 75.2 cm³/mol. The smallest absolute Gasteiger partial charge is 0.257 e. The Hall–Kier alpha value is -1.62. The maximum Gasteiger partial charge on any atom is 0.257 e. The van der Waals surface area contributed by atoms with E-state index >= 15 is 0 Å². The summed E-state index contributed by atoms with van der Waals surface area (Å²) in [5, 5.41) is 2.70. The Balaban J connectivity index is 2.05. The summed E-state index contributed by atoms with van der Waals surface area (Å²) in [6.45, 7) is 3.86. The van der Waals surface area contributed by atoms with Gasteiger partial charge in [0.25, 0.3) is 5.91 Å². The van der Waals surface area contributed by atoms with E-state index in [4.69, 9.17) is 9.47 Å². The van der Waals surface area contributed by atoms with Crippen molar-refractivity contribution in [1.29, 1.82) is 0 Å². The zero-order valence-corrected chi connectivity index (χ0v) is 11.9. The third-order valence-corrected chi connectivity index (χ3v) is 2.63. The normalized spacial score (nSPS) is 10.3.